The smallest absolute Gasteiger partial charge is 0.285 e. The molecule has 0 bridgehead atoms. The first-order valence-corrected chi connectivity index (χ1v) is 6.69. The molecule has 7 nitrogen and oxygen atoms in total. The Morgan fingerprint density at radius 1 is 1.07 bits per heavy atom. The van der Waals surface area contributed by atoms with E-state index >= 15 is 0 Å². The largest absolute Gasteiger partial charge is 0.397 e. The molecule has 0 saturated heterocycles. The normalized spacial score (nSPS) is 29.3. The van der Waals surface area contributed by atoms with Gasteiger partial charge in [0, 0.05) is 0 Å². The van der Waals surface area contributed by atoms with Gasteiger partial charge in [0.05, 0.1) is 6.10 Å². The lowest BCUT2D eigenvalue weighted by atomic mass is 10.3. The molecule has 1 saturated carbocycles. The second-order valence-corrected chi connectivity index (χ2v) is 5.73. The van der Waals surface area contributed by atoms with E-state index in [1.807, 2.05) is 0 Å². The van der Waals surface area contributed by atoms with E-state index in [1.165, 1.54) is 0 Å². The summed E-state index contributed by atoms with van der Waals surface area (Å²) < 4.78 is 63.3. The standard InChI is InChI=1S/C5H10O7S2/c6-13(7,8)5-3-1-2-4(5)12-14(9,10)11/h4-5H,1-3H2,(H,6,7,8)(H,9,10,11). The lowest BCUT2D eigenvalue weighted by Gasteiger charge is -2.14. The van der Waals surface area contributed by atoms with Gasteiger partial charge in [-0.25, -0.2) is 4.18 Å². The summed E-state index contributed by atoms with van der Waals surface area (Å²) in [6.45, 7) is 0. The molecule has 1 fully saturated rings. The second kappa shape index (κ2) is 3.74. The maximum atomic E-state index is 10.7. The topological polar surface area (TPSA) is 118 Å². The third-order valence-electron chi connectivity index (χ3n) is 2.02. The highest BCUT2D eigenvalue weighted by Gasteiger charge is 2.39. The molecule has 84 valence electrons. The molecule has 0 aromatic rings. The van der Waals surface area contributed by atoms with Gasteiger partial charge < -0.3 is 0 Å². The van der Waals surface area contributed by atoms with Crippen LogP contribution in [-0.2, 0) is 24.7 Å². The second-order valence-electron chi connectivity index (χ2n) is 3.05. The van der Waals surface area contributed by atoms with Gasteiger partial charge in [-0.05, 0) is 19.3 Å². The minimum atomic E-state index is -4.68. The highest BCUT2D eigenvalue weighted by atomic mass is 32.3. The molecule has 1 aliphatic carbocycles. The lowest BCUT2D eigenvalue weighted by Crippen LogP contribution is -2.32. The Balaban J connectivity index is 2.81. The van der Waals surface area contributed by atoms with Gasteiger partial charge in [-0.2, -0.15) is 16.8 Å². The van der Waals surface area contributed by atoms with Gasteiger partial charge in [-0.3, -0.25) is 9.11 Å². The summed E-state index contributed by atoms with van der Waals surface area (Å²) in [5.74, 6) is 0. The minimum absolute atomic E-state index is 0.124. The molecule has 0 heterocycles. The van der Waals surface area contributed by atoms with Gasteiger partial charge >= 0.3 is 10.4 Å². The fraction of sp³-hybridized carbons (Fsp3) is 1.00. The van der Waals surface area contributed by atoms with Crippen molar-refractivity contribution in [2.75, 3.05) is 0 Å². The summed E-state index contributed by atoms with van der Waals surface area (Å²) >= 11 is 0. The van der Waals surface area contributed by atoms with Crippen LogP contribution >= 0.6 is 0 Å². The van der Waals surface area contributed by atoms with E-state index in [9.17, 15) is 16.8 Å². The first-order valence-electron chi connectivity index (χ1n) is 3.82. The van der Waals surface area contributed by atoms with Crippen molar-refractivity contribution >= 4 is 20.5 Å². The molecule has 2 unspecified atom stereocenters. The molecule has 0 amide bonds. The zero-order valence-corrected chi connectivity index (χ0v) is 8.66. The van der Waals surface area contributed by atoms with Gasteiger partial charge in [0.25, 0.3) is 10.1 Å². The zero-order valence-electron chi connectivity index (χ0n) is 7.03. The van der Waals surface area contributed by atoms with E-state index < -0.39 is 31.9 Å². The fourth-order valence-corrected chi connectivity index (χ4v) is 3.15. The lowest BCUT2D eigenvalue weighted by molar-refractivity contribution is 0.187. The van der Waals surface area contributed by atoms with E-state index in [2.05, 4.69) is 4.18 Å². The predicted octanol–water partition coefficient (Wildman–Crippen LogP) is -0.385. The van der Waals surface area contributed by atoms with Crippen molar-refractivity contribution in [3.63, 3.8) is 0 Å². The molecule has 0 spiro atoms. The highest BCUT2D eigenvalue weighted by molar-refractivity contribution is 7.86. The van der Waals surface area contributed by atoms with Crippen molar-refractivity contribution in [2.24, 2.45) is 0 Å². The number of hydrogen-bond donors (Lipinski definition) is 2. The van der Waals surface area contributed by atoms with Crippen molar-refractivity contribution in [3.05, 3.63) is 0 Å². The van der Waals surface area contributed by atoms with Crippen LogP contribution in [0.25, 0.3) is 0 Å². The molecule has 1 aliphatic rings. The van der Waals surface area contributed by atoms with Crippen LogP contribution in [0, 0.1) is 0 Å². The van der Waals surface area contributed by atoms with Crippen molar-refractivity contribution in [3.8, 4) is 0 Å². The predicted molar refractivity (Wildman–Crippen MR) is 45.6 cm³/mol. The molecule has 0 aromatic carbocycles. The average molecular weight is 246 g/mol. The Hall–Kier alpha value is -0.220. The molecular formula is C5H10O7S2. The van der Waals surface area contributed by atoms with Crippen molar-refractivity contribution < 1.29 is 30.1 Å². The van der Waals surface area contributed by atoms with Crippen molar-refractivity contribution in [2.45, 2.75) is 30.6 Å². The van der Waals surface area contributed by atoms with E-state index in [4.69, 9.17) is 9.11 Å². The molecule has 2 atom stereocenters. The van der Waals surface area contributed by atoms with Gasteiger partial charge in [0.15, 0.2) is 0 Å². The maximum Gasteiger partial charge on any atom is 0.397 e. The molecule has 1 rings (SSSR count). The SMILES string of the molecule is O=S(=O)(O)OC1CCCC1S(=O)(=O)O. The molecule has 14 heavy (non-hydrogen) atoms. The van der Waals surface area contributed by atoms with Gasteiger partial charge in [0.1, 0.15) is 5.25 Å². The van der Waals surface area contributed by atoms with Crippen LogP contribution in [0.4, 0.5) is 0 Å². The Bertz CT molecular complexity index is 394. The molecule has 2 N–H and O–H groups in total. The van der Waals surface area contributed by atoms with Crippen molar-refractivity contribution in [1.29, 1.82) is 0 Å². The molecule has 9 heteroatoms. The monoisotopic (exact) mass is 246 g/mol. The quantitative estimate of drug-likeness (QED) is 0.651. The van der Waals surface area contributed by atoms with Crippen LogP contribution in [0.5, 0.6) is 0 Å². The maximum absolute atomic E-state index is 10.7. The molecule has 0 radical (unpaired) electrons. The van der Waals surface area contributed by atoms with Crippen LogP contribution in [0.15, 0.2) is 0 Å². The highest BCUT2D eigenvalue weighted by Crippen LogP contribution is 2.28. The Morgan fingerprint density at radius 2 is 1.64 bits per heavy atom. The van der Waals surface area contributed by atoms with Gasteiger partial charge in [-0.15, -0.1) is 0 Å². The average Bonchev–Trinajstić information content (AvgIpc) is 2.29. The summed E-state index contributed by atoms with van der Waals surface area (Å²) in [6, 6.07) is 0. The molecular weight excluding hydrogens is 236 g/mol. The first kappa shape index (κ1) is 11.9. The minimum Gasteiger partial charge on any atom is -0.285 e. The Labute approximate surface area is 81.8 Å². The molecule has 0 aliphatic heterocycles. The summed E-state index contributed by atoms with van der Waals surface area (Å²) in [6.07, 6.45) is -0.478. The summed E-state index contributed by atoms with van der Waals surface area (Å²) in [5, 5.41) is -1.27. The number of hydrogen-bond acceptors (Lipinski definition) is 5. The zero-order chi connectivity index (χ0) is 11.0. The van der Waals surface area contributed by atoms with Crippen LogP contribution in [-0.4, -0.2) is 37.3 Å². The van der Waals surface area contributed by atoms with Crippen LogP contribution in [0.2, 0.25) is 0 Å². The van der Waals surface area contributed by atoms with E-state index in [0.717, 1.165) is 0 Å². The van der Waals surface area contributed by atoms with E-state index in [0.29, 0.717) is 6.42 Å². The Morgan fingerprint density at radius 3 is 2.07 bits per heavy atom. The fourth-order valence-electron chi connectivity index (χ4n) is 1.50. The van der Waals surface area contributed by atoms with E-state index in [-0.39, 0.29) is 12.8 Å². The molecule has 0 aromatic heterocycles. The first-order chi connectivity index (χ1) is 6.20. The Kier molecular flexibility index (Phi) is 3.17. The van der Waals surface area contributed by atoms with E-state index in [1.54, 1.807) is 0 Å². The number of rotatable bonds is 3. The third-order valence-corrected chi connectivity index (χ3v) is 3.81. The van der Waals surface area contributed by atoms with Crippen molar-refractivity contribution in [1.82, 2.24) is 0 Å². The van der Waals surface area contributed by atoms with Crippen LogP contribution in [0.3, 0.4) is 0 Å². The summed E-state index contributed by atoms with van der Waals surface area (Å²) in [4.78, 5) is 0. The van der Waals surface area contributed by atoms with Crippen LogP contribution in [0.1, 0.15) is 19.3 Å². The van der Waals surface area contributed by atoms with Gasteiger partial charge in [0.2, 0.25) is 0 Å². The summed E-state index contributed by atoms with van der Waals surface area (Å²) in [5.41, 5.74) is 0. The van der Waals surface area contributed by atoms with Gasteiger partial charge in [-0.1, -0.05) is 0 Å². The van der Waals surface area contributed by atoms with Crippen LogP contribution < -0.4 is 0 Å². The third kappa shape index (κ3) is 3.17. The summed E-state index contributed by atoms with van der Waals surface area (Å²) in [7, 11) is -9.00.